The Morgan fingerprint density at radius 2 is 2.00 bits per heavy atom. The second kappa shape index (κ2) is 3.46. The molecule has 1 N–H and O–H groups in total. The zero-order valence-corrected chi connectivity index (χ0v) is 9.49. The van der Waals surface area contributed by atoms with E-state index in [-0.39, 0.29) is 11.6 Å². The molecule has 1 heterocycles. The zero-order chi connectivity index (χ0) is 11.1. The van der Waals surface area contributed by atoms with E-state index in [1.54, 1.807) is 0 Å². The van der Waals surface area contributed by atoms with Crippen LogP contribution in [0.15, 0.2) is 29.3 Å². The van der Waals surface area contributed by atoms with Gasteiger partial charge < -0.3 is 5.11 Å². The molecule has 0 saturated carbocycles. The normalized spacial score (nSPS) is 19.6. The van der Waals surface area contributed by atoms with Gasteiger partial charge in [-0.3, -0.25) is 4.99 Å². The van der Waals surface area contributed by atoms with E-state index in [1.807, 2.05) is 31.2 Å². The summed E-state index contributed by atoms with van der Waals surface area (Å²) in [6.07, 6.45) is 0.357. The van der Waals surface area contributed by atoms with Crippen LogP contribution in [0.2, 0.25) is 0 Å². The third-order valence-electron chi connectivity index (χ3n) is 2.97. The summed E-state index contributed by atoms with van der Waals surface area (Å²) in [6, 6.07) is 8.03. The van der Waals surface area contributed by atoms with Crippen LogP contribution in [0.25, 0.3) is 5.57 Å². The first-order valence-corrected chi connectivity index (χ1v) is 5.44. The van der Waals surface area contributed by atoms with E-state index in [4.69, 9.17) is 0 Å². The molecule has 1 aliphatic rings. The highest BCUT2D eigenvalue weighted by Gasteiger charge is 2.31. The van der Waals surface area contributed by atoms with E-state index < -0.39 is 0 Å². The topological polar surface area (TPSA) is 32.6 Å². The molecular weight excluding hydrogens is 186 g/mol. The minimum Gasteiger partial charge on any atom is -0.389 e. The first-order valence-electron chi connectivity index (χ1n) is 5.44. The summed E-state index contributed by atoms with van der Waals surface area (Å²) in [6.45, 7) is 6.11. The number of hydrogen-bond donors (Lipinski definition) is 1. The van der Waals surface area contributed by atoms with Crippen molar-refractivity contribution >= 4 is 5.57 Å². The Labute approximate surface area is 90.0 Å². The van der Waals surface area contributed by atoms with Crippen molar-refractivity contribution in [3.05, 3.63) is 34.8 Å². The summed E-state index contributed by atoms with van der Waals surface area (Å²) >= 11 is 0. The quantitative estimate of drug-likeness (QED) is 0.764. The van der Waals surface area contributed by atoms with Crippen molar-refractivity contribution in [2.24, 2.45) is 4.99 Å². The minimum absolute atomic E-state index is 0.265. The smallest absolute Gasteiger partial charge is 0.0802 e. The van der Waals surface area contributed by atoms with Gasteiger partial charge in [0, 0.05) is 5.22 Å². The fourth-order valence-electron chi connectivity index (χ4n) is 2.28. The predicted octanol–water partition coefficient (Wildman–Crippen LogP) is 1.02. The monoisotopic (exact) mass is 203 g/mol. The second-order valence-corrected chi connectivity index (χ2v) is 4.53. The maximum absolute atomic E-state index is 10.0. The highest BCUT2D eigenvalue weighted by Crippen LogP contribution is 2.26. The van der Waals surface area contributed by atoms with E-state index in [1.165, 1.54) is 0 Å². The lowest BCUT2D eigenvalue weighted by atomic mass is 9.89. The first kappa shape index (κ1) is 10.4. The van der Waals surface area contributed by atoms with Crippen LogP contribution >= 0.6 is 0 Å². The van der Waals surface area contributed by atoms with Crippen molar-refractivity contribution in [1.29, 1.82) is 0 Å². The highest BCUT2D eigenvalue weighted by atomic mass is 16.3. The number of rotatable bonds is 2. The fraction of sp³-hybridized carbons (Fsp3) is 0.462. The molecule has 1 unspecified atom stereocenters. The molecule has 0 spiro atoms. The van der Waals surface area contributed by atoms with Crippen LogP contribution in [0.4, 0.5) is 0 Å². The molecule has 0 bridgehead atoms. The van der Waals surface area contributed by atoms with Crippen LogP contribution in [-0.2, 0) is 0 Å². The van der Waals surface area contributed by atoms with Crippen LogP contribution in [0.1, 0.15) is 27.2 Å². The molecule has 1 aromatic rings. The van der Waals surface area contributed by atoms with Gasteiger partial charge in [-0.15, -0.1) is 0 Å². The third kappa shape index (κ3) is 1.59. The molecule has 0 fully saturated rings. The van der Waals surface area contributed by atoms with Crippen LogP contribution in [-0.4, -0.2) is 16.7 Å². The Balaban J connectivity index is 2.74. The number of aliphatic hydroxyl groups is 1. The Morgan fingerprint density at radius 3 is 2.67 bits per heavy atom. The summed E-state index contributed by atoms with van der Waals surface area (Å²) in [4.78, 5) is 4.64. The lowest BCUT2D eigenvalue weighted by molar-refractivity contribution is 0.217. The largest absolute Gasteiger partial charge is 0.389 e. The molecule has 2 nitrogen and oxygen atoms in total. The summed E-state index contributed by atoms with van der Waals surface area (Å²) < 4.78 is 0. The van der Waals surface area contributed by atoms with Crippen LogP contribution in [0, 0.1) is 0 Å². The van der Waals surface area contributed by atoms with Gasteiger partial charge in [0.2, 0.25) is 0 Å². The summed E-state index contributed by atoms with van der Waals surface area (Å²) in [7, 11) is 0. The molecule has 1 aliphatic heterocycles. The van der Waals surface area contributed by atoms with Gasteiger partial charge >= 0.3 is 0 Å². The first-order chi connectivity index (χ1) is 7.06. The van der Waals surface area contributed by atoms with E-state index in [0.717, 1.165) is 22.6 Å². The van der Waals surface area contributed by atoms with E-state index in [9.17, 15) is 5.11 Å². The molecule has 0 aliphatic carbocycles. The SMILES string of the molecule is CCC(O)C1=c2ccccc2=NC1(C)C. The molecule has 1 atom stereocenters. The fourth-order valence-corrected chi connectivity index (χ4v) is 2.28. The molecule has 1 aromatic carbocycles. The molecule has 2 rings (SSSR count). The van der Waals surface area contributed by atoms with Gasteiger partial charge in [-0.05, 0) is 31.9 Å². The Kier molecular flexibility index (Phi) is 2.39. The molecule has 0 amide bonds. The molecule has 0 saturated heterocycles. The molecule has 15 heavy (non-hydrogen) atoms. The van der Waals surface area contributed by atoms with E-state index in [2.05, 4.69) is 18.8 Å². The van der Waals surface area contributed by atoms with E-state index >= 15 is 0 Å². The van der Waals surface area contributed by atoms with Gasteiger partial charge in [-0.2, -0.15) is 0 Å². The number of nitrogens with zero attached hydrogens (tertiary/aromatic N) is 1. The van der Waals surface area contributed by atoms with Crippen LogP contribution in [0.3, 0.4) is 0 Å². The van der Waals surface area contributed by atoms with Gasteiger partial charge in [-0.1, -0.05) is 25.1 Å². The van der Waals surface area contributed by atoms with E-state index in [0.29, 0.717) is 0 Å². The van der Waals surface area contributed by atoms with Gasteiger partial charge in [0.15, 0.2) is 0 Å². The van der Waals surface area contributed by atoms with Crippen molar-refractivity contribution in [3.8, 4) is 0 Å². The maximum atomic E-state index is 10.0. The number of aliphatic hydroxyl groups excluding tert-OH is 1. The summed E-state index contributed by atoms with van der Waals surface area (Å²) in [5, 5.41) is 12.2. The summed E-state index contributed by atoms with van der Waals surface area (Å²) in [5.74, 6) is 0. The van der Waals surface area contributed by atoms with Crippen molar-refractivity contribution < 1.29 is 5.11 Å². The predicted molar refractivity (Wildman–Crippen MR) is 61.0 cm³/mol. The highest BCUT2D eigenvalue weighted by molar-refractivity contribution is 5.60. The van der Waals surface area contributed by atoms with Gasteiger partial charge in [0.25, 0.3) is 0 Å². The lowest BCUT2D eigenvalue weighted by Gasteiger charge is -2.23. The number of hydrogen-bond acceptors (Lipinski definition) is 2. The Hall–Kier alpha value is -1.15. The van der Waals surface area contributed by atoms with Gasteiger partial charge in [-0.25, -0.2) is 0 Å². The van der Waals surface area contributed by atoms with Crippen molar-refractivity contribution in [3.63, 3.8) is 0 Å². The van der Waals surface area contributed by atoms with Crippen LogP contribution in [0.5, 0.6) is 0 Å². The molecule has 2 heteroatoms. The average molecular weight is 203 g/mol. The molecule has 0 aromatic heterocycles. The number of para-hydroxylation sites is 1. The molecule has 80 valence electrons. The molecular formula is C13H17NO. The minimum atomic E-state index is -0.382. The average Bonchev–Trinajstić information content (AvgIpc) is 2.46. The van der Waals surface area contributed by atoms with Crippen LogP contribution < -0.4 is 10.6 Å². The lowest BCUT2D eigenvalue weighted by Crippen LogP contribution is -2.30. The van der Waals surface area contributed by atoms with Gasteiger partial charge in [0.05, 0.1) is 17.0 Å². The van der Waals surface area contributed by atoms with Crippen molar-refractivity contribution in [1.82, 2.24) is 0 Å². The van der Waals surface area contributed by atoms with Crippen molar-refractivity contribution in [2.75, 3.05) is 0 Å². The maximum Gasteiger partial charge on any atom is 0.0802 e. The third-order valence-corrected chi connectivity index (χ3v) is 2.97. The second-order valence-electron chi connectivity index (χ2n) is 4.53. The summed E-state index contributed by atoms with van der Waals surface area (Å²) in [5.41, 5.74) is 0.791. The standard InChI is InChI=1S/C13H17NO/c1-4-11(15)12-9-7-5-6-8-10(9)14-13(12,2)3/h5-8,11,15H,4H2,1-3H3. The van der Waals surface area contributed by atoms with Crippen molar-refractivity contribution in [2.45, 2.75) is 38.8 Å². The van der Waals surface area contributed by atoms with Gasteiger partial charge in [0.1, 0.15) is 0 Å². The number of benzene rings is 1. The zero-order valence-electron chi connectivity index (χ0n) is 9.49. The number of fused-ring (bicyclic) bond motifs is 1. The Bertz CT molecular complexity index is 488. The molecule has 0 radical (unpaired) electrons. The Morgan fingerprint density at radius 1 is 1.33 bits per heavy atom.